The average Bonchev–Trinajstić information content (AvgIpc) is 2.42. The lowest BCUT2D eigenvalue weighted by atomic mass is 10.3. The second-order valence-corrected chi connectivity index (χ2v) is 4.84. The van der Waals surface area contributed by atoms with Gasteiger partial charge in [-0.2, -0.15) is 0 Å². The van der Waals surface area contributed by atoms with Crippen LogP contribution in [0.5, 0.6) is 5.75 Å². The van der Waals surface area contributed by atoms with Gasteiger partial charge in [-0.3, -0.25) is 0 Å². The van der Waals surface area contributed by atoms with Gasteiger partial charge in [-0.1, -0.05) is 17.8 Å². The van der Waals surface area contributed by atoms with Crippen LogP contribution in [0.25, 0.3) is 0 Å². The SMILES string of the molecule is CNCc1cccnc1Sc1ccc(OC)cc1. The lowest BCUT2D eigenvalue weighted by molar-refractivity contribution is 0.414. The Morgan fingerprint density at radius 3 is 2.67 bits per heavy atom. The quantitative estimate of drug-likeness (QED) is 0.896. The molecule has 0 saturated heterocycles. The molecule has 1 aromatic carbocycles. The molecule has 4 heteroatoms. The smallest absolute Gasteiger partial charge is 0.118 e. The molecule has 94 valence electrons. The fraction of sp³-hybridized carbons (Fsp3) is 0.214. The second-order valence-electron chi connectivity index (χ2n) is 3.78. The van der Waals surface area contributed by atoms with E-state index in [0.717, 1.165) is 22.2 Å². The van der Waals surface area contributed by atoms with Crippen LogP contribution < -0.4 is 10.1 Å². The Morgan fingerprint density at radius 2 is 2.00 bits per heavy atom. The maximum atomic E-state index is 5.15. The Kier molecular flexibility index (Phi) is 4.61. The van der Waals surface area contributed by atoms with Gasteiger partial charge in [0.1, 0.15) is 10.8 Å². The standard InChI is InChI=1S/C14H16N2OS/c1-15-10-11-4-3-9-16-14(11)18-13-7-5-12(17-2)6-8-13/h3-9,15H,10H2,1-2H3. The van der Waals surface area contributed by atoms with Crippen molar-refractivity contribution in [1.29, 1.82) is 0 Å². The predicted octanol–water partition coefficient (Wildman–Crippen LogP) is 2.96. The van der Waals surface area contributed by atoms with Crippen molar-refractivity contribution in [2.75, 3.05) is 14.2 Å². The van der Waals surface area contributed by atoms with E-state index < -0.39 is 0 Å². The minimum atomic E-state index is 0.826. The molecule has 0 aliphatic rings. The van der Waals surface area contributed by atoms with Gasteiger partial charge in [-0.15, -0.1) is 0 Å². The summed E-state index contributed by atoms with van der Waals surface area (Å²) in [6, 6.07) is 12.1. The summed E-state index contributed by atoms with van der Waals surface area (Å²) in [5.41, 5.74) is 1.21. The van der Waals surface area contributed by atoms with Gasteiger partial charge in [-0.25, -0.2) is 4.98 Å². The van der Waals surface area contributed by atoms with Gasteiger partial charge in [0.05, 0.1) is 7.11 Å². The molecule has 3 nitrogen and oxygen atoms in total. The van der Waals surface area contributed by atoms with Crippen molar-refractivity contribution in [2.24, 2.45) is 0 Å². The van der Waals surface area contributed by atoms with Gasteiger partial charge in [-0.05, 0) is 42.9 Å². The van der Waals surface area contributed by atoms with Crippen molar-refractivity contribution in [3.8, 4) is 5.75 Å². The lowest BCUT2D eigenvalue weighted by Crippen LogP contribution is -2.06. The van der Waals surface area contributed by atoms with Crippen LogP contribution in [-0.4, -0.2) is 19.1 Å². The van der Waals surface area contributed by atoms with Crippen LogP contribution in [0, 0.1) is 0 Å². The molecule has 0 atom stereocenters. The molecule has 0 fully saturated rings. The molecule has 1 N–H and O–H groups in total. The van der Waals surface area contributed by atoms with Gasteiger partial charge in [0.25, 0.3) is 0 Å². The van der Waals surface area contributed by atoms with E-state index in [9.17, 15) is 0 Å². The zero-order valence-corrected chi connectivity index (χ0v) is 11.3. The molecule has 0 radical (unpaired) electrons. The van der Waals surface area contributed by atoms with Crippen molar-refractivity contribution in [2.45, 2.75) is 16.5 Å². The molecule has 0 aliphatic heterocycles. The molecule has 0 bridgehead atoms. The number of nitrogens with one attached hydrogen (secondary N) is 1. The number of nitrogens with zero attached hydrogens (tertiary/aromatic N) is 1. The highest BCUT2D eigenvalue weighted by molar-refractivity contribution is 7.99. The Morgan fingerprint density at radius 1 is 1.22 bits per heavy atom. The average molecular weight is 260 g/mol. The molecule has 18 heavy (non-hydrogen) atoms. The molecule has 1 heterocycles. The van der Waals surface area contributed by atoms with Gasteiger partial charge in [0.2, 0.25) is 0 Å². The topological polar surface area (TPSA) is 34.2 Å². The number of ether oxygens (including phenoxy) is 1. The third kappa shape index (κ3) is 3.24. The third-order valence-corrected chi connectivity index (χ3v) is 3.56. The highest BCUT2D eigenvalue weighted by atomic mass is 32.2. The minimum Gasteiger partial charge on any atom is -0.497 e. The van der Waals surface area contributed by atoms with Crippen molar-refractivity contribution >= 4 is 11.8 Å². The summed E-state index contributed by atoms with van der Waals surface area (Å²) >= 11 is 1.67. The van der Waals surface area contributed by atoms with Crippen LogP contribution in [0.4, 0.5) is 0 Å². The monoisotopic (exact) mass is 260 g/mol. The normalized spacial score (nSPS) is 10.3. The van der Waals surface area contributed by atoms with Gasteiger partial charge < -0.3 is 10.1 Å². The largest absolute Gasteiger partial charge is 0.497 e. The van der Waals surface area contributed by atoms with E-state index >= 15 is 0 Å². The number of methoxy groups -OCH3 is 1. The van der Waals surface area contributed by atoms with Crippen molar-refractivity contribution in [3.63, 3.8) is 0 Å². The Balaban J connectivity index is 2.17. The number of rotatable bonds is 5. The molecule has 2 aromatic rings. The first-order chi connectivity index (χ1) is 8.83. The van der Waals surface area contributed by atoms with Crippen LogP contribution >= 0.6 is 11.8 Å². The maximum absolute atomic E-state index is 5.15. The summed E-state index contributed by atoms with van der Waals surface area (Å²) in [6.07, 6.45) is 1.82. The lowest BCUT2D eigenvalue weighted by Gasteiger charge is -2.07. The summed E-state index contributed by atoms with van der Waals surface area (Å²) in [6.45, 7) is 0.826. The molecular formula is C14H16N2OS. The third-order valence-electron chi connectivity index (χ3n) is 2.49. The van der Waals surface area contributed by atoms with Crippen LogP contribution in [0.1, 0.15) is 5.56 Å². The summed E-state index contributed by atoms with van der Waals surface area (Å²) in [4.78, 5) is 5.59. The number of benzene rings is 1. The van der Waals surface area contributed by atoms with E-state index in [1.807, 2.05) is 43.6 Å². The maximum Gasteiger partial charge on any atom is 0.118 e. The molecule has 0 amide bonds. The Bertz CT molecular complexity index is 499. The number of hydrogen-bond acceptors (Lipinski definition) is 4. The van der Waals surface area contributed by atoms with E-state index in [1.54, 1.807) is 18.9 Å². The van der Waals surface area contributed by atoms with E-state index in [4.69, 9.17) is 4.74 Å². The van der Waals surface area contributed by atoms with E-state index in [0.29, 0.717) is 0 Å². The molecule has 0 unspecified atom stereocenters. The summed E-state index contributed by atoms with van der Waals surface area (Å²) < 4.78 is 5.15. The van der Waals surface area contributed by atoms with Crippen LogP contribution in [-0.2, 0) is 6.54 Å². The van der Waals surface area contributed by atoms with E-state index in [-0.39, 0.29) is 0 Å². The molecule has 0 saturated carbocycles. The number of hydrogen-bond donors (Lipinski definition) is 1. The van der Waals surface area contributed by atoms with E-state index in [2.05, 4.69) is 16.4 Å². The molecule has 0 aliphatic carbocycles. The zero-order valence-electron chi connectivity index (χ0n) is 10.5. The van der Waals surface area contributed by atoms with Gasteiger partial charge in [0.15, 0.2) is 0 Å². The Hall–Kier alpha value is -1.52. The first-order valence-electron chi connectivity index (χ1n) is 5.74. The highest BCUT2D eigenvalue weighted by Gasteiger charge is 2.04. The molecule has 1 aromatic heterocycles. The molecular weight excluding hydrogens is 244 g/mol. The van der Waals surface area contributed by atoms with Crippen LogP contribution in [0.3, 0.4) is 0 Å². The molecule has 2 rings (SSSR count). The Labute approximate surface area is 112 Å². The van der Waals surface area contributed by atoms with Crippen LogP contribution in [0.2, 0.25) is 0 Å². The van der Waals surface area contributed by atoms with Crippen molar-refractivity contribution in [3.05, 3.63) is 48.2 Å². The fourth-order valence-electron chi connectivity index (χ4n) is 1.60. The van der Waals surface area contributed by atoms with E-state index in [1.165, 1.54) is 5.56 Å². The predicted molar refractivity (Wildman–Crippen MR) is 74.1 cm³/mol. The number of pyridine rings is 1. The van der Waals surface area contributed by atoms with Gasteiger partial charge >= 0.3 is 0 Å². The van der Waals surface area contributed by atoms with Crippen LogP contribution in [0.15, 0.2) is 52.5 Å². The summed E-state index contributed by atoms with van der Waals surface area (Å²) in [5.74, 6) is 0.871. The highest BCUT2D eigenvalue weighted by Crippen LogP contribution is 2.29. The first-order valence-corrected chi connectivity index (χ1v) is 6.55. The fourth-order valence-corrected chi connectivity index (χ4v) is 2.48. The second kappa shape index (κ2) is 6.42. The van der Waals surface area contributed by atoms with Crippen molar-refractivity contribution in [1.82, 2.24) is 10.3 Å². The van der Waals surface area contributed by atoms with Crippen molar-refractivity contribution < 1.29 is 4.74 Å². The minimum absolute atomic E-state index is 0.826. The summed E-state index contributed by atoms with van der Waals surface area (Å²) in [7, 11) is 3.61. The number of aromatic nitrogens is 1. The first kappa shape index (κ1) is 12.9. The summed E-state index contributed by atoms with van der Waals surface area (Å²) in [5, 5.41) is 4.19. The zero-order chi connectivity index (χ0) is 12.8. The van der Waals surface area contributed by atoms with Gasteiger partial charge in [0, 0.05) is 17.6 Å². The molecule has 0 spiro atoms.